The van der Waals surface area contributed by atoms with Crippen molar-refractivity contribution in [3.8, 4) is 11.6 Å². The molecule has 66 valence electrons. The Morgan fingerprint density at radius 2 is 2.08 bits per heavy atom. The number of rotatable bonds is 3. The van der Waals surface area contributed by atoms with Gasteiger partial charge in [0.2, 0.25) is 5.75 Å². The third-order valence-electron chi connectivity index (χ3n) is 1.22. The molecule has 7 heteroatoms. The number of aliphatic hydroxyl groups is 1. The van der Waals surface area contributed by atoms with Crippen LogP contribution in [0, 0.1) is 0 Å². The highest BCUT2D eigenvalue weighted by molar-refractivity contribution is 7.10. The van der Waals surface area contributed by atoms with E-state index in [1.54, 1.807) is 0 Å². The van der Waals surface area contributed by atoms with E-state index in [1.165, 1.54) is 6.33 Å². The summed E-state index contributed by atoms with van der Waals surface area (Å²) < 4.78 is 9.65. The van der Waals surface area contributed by atoms with Crippen LogP contribution in [-0.4, -0.2) is 15.1 Å². The van der Waals surface area contributed by atoms with Crippen LogP contribution >= 0.6 is 18.9 Å². The van der Waals surface area contributed by atoms with Crippen LogP contribution in [0.5, 0.6) is 11.6 Å². The second-order valence-electron chi connectivity index (χ2n) is 1.85. The molecular formula is C5H8N2O3P2. The fourth-order valence-electron chi connectivity index (χ4n) is 0.707. The lowest BCUT2D eigenvalue weighted by atomic mass is 10.4. The minimum Gasteiger partial charge on any atom is -0.473 e. The molecule has 12 heavy (non-hydrogen) atoms. The van der Waals surface area contributed by atoms with E-state index in [0.717, 1.165) is 0 Å². The Balaban J connectivity index is 3.13. The van der Waals surface area contributed by atoms with Crippen molar-refractivity contribution >= 4 is 18.9 Å². The van der Waals surface area contributed by atoms with E-state index in [1.807, 2.05) is 18.9 Å². The highest BCUT2D eigenvalue weighted by Gasteiger charge is 2.10. The number of aliphatic hydroxyl groups excluding tert-OH is 1. The molecule has 0 aliphatic carbocycles. The molecule has 1 aromatic heterocycles. The van der Waals surface area contributed by atoms with Crippen LogP contribution in [0.2, 0.25) is 0 Å². The summed E-state index contributed by atoms with van der Waals surface area (Å²) in [4.78, 5) is 7.56. The van der Waals surface area contributed by atoms with Crippen molar-refractivity contribution in [2.75, 3.05) is 0 Å². The summed E-state index contributed by atoms with van der Waals surface area (Å²) in [6, 6.07) is 0. The molecule has 0 aliphatic heterocycles. The fraction of sp³-hybridized carbons (Fsp3) is 0.200. The first-order valence-electron chi connectivity index (χ1n) is 3.01. The van der Waals surface area contributed by atoms with Crippen molar-refractivity contribution in [3.63, 3.8) is 0 Å². The first-order chi connectivity index (χ1) is 5.83. The van der Waals surface area contributed by atoms with Gasteiger partial charge in [0.1, 0.15) is 12.0 Å². The monoisotopic (exact) mass is 206 g/mol. The van der Waals surface area contributed by atoms with Gasteiger partial charge < -0.3 is 14.2 Å². The average Bonchev–Trinajstić information content (AvgIpc) is 2.16. The Bertz CT molecular complexity index is 249. The molecule has 5 nitrogen and oxygen atoms in total. The van der Waals surface area contributed by atoms with Gasteiger partial charge >= 0.3 is 0 Å². The lowest BCUT2D eigenvalue weighted by Crippen LogP contribution is -1.96. The van der Waals surface area contributed by atoms with Crippen LogP contribution in [-0.2, 0) is 6.61 Å². The summed E-state index contributed by atoms with van der Waals surface area (Å²) in [5, 5.41) is 8.83. The molecule has 0 fully saturated rings. The molecule has 1 aromatic rings. The summed E-state index contributed by atoms with van der Waals surface area (Å²) in [5.74, 6) is 0.592. The van der Waals surface area contributed by atoms with Crippen LogP contribution in [0.3, 0.4) is 0 Å². The number of hydrogen-bond acceptors (Lipinski definition) is 5. The van der Waals surface area contributed by atoms with Crippen LogP contribution in [0.25, 0.3) is 0 Å². The maximum Gasteiger partial charge on any atom is 0.263 e. The highest BCUT2D eigenvalue weighted by Crippen LogP contribution is 2.29. The maximum absolute atomic E-state index is 8.83. The Morgan fingerprint density at radius 3 is 2.58 bits per heavy atom. The molecule has 1 heterocycles. The second kappa shape index (κ2) is 4.51. The molecule has 0 bridgehead atoms. The topological polar surface area (TPSA) is 64.5 Å². The van der Waals surface area contributed by atoms with E-state index in [4.69, 9.17) is 14.2 Å². The zero-order chi connectivity index (χ0) is 8.97. The molecule has 1 N–H and O–H groups in total. The van der Waals surface area contributed by atoms with Crippen molar-refractivity contribution in [1.82, 2.24) is 9.97 Å². The molecule has 0 aliphatic rings. The SMILES string of the molecule is OCc1ncnc(OP)c1OP. The maximum atomic E-state index is 8.83. The zero-order valence-electron chi connectivity index (χ0n) is 6.10. The quantitative estimate of drug-likeness (QED) is 0.721. The summed E-state index contributed by atoms with van der Waals surface area (Å²) in [6.45, 7) is -0.215. The van der Waals surface area contributed by atoms with Gasteiger partial charge in [-0.3, -0.25) is 0 Å². The Kier molecular flexibility index (Phi) is 3.60. The Hall–Kier alpha value is -0.500. The second-order valence-corrected chi connectivity index (χ2v) is 2.32. The van der Waals surface area contributed by atoms with Gasteiger partial charge in [0.15, 0.2) is 0 Å². The van der Waals surface area contributed by atoms with E-state index in [-0.39, 0.29) is 12.5 Å². The molecule has 0 amide bonds. The van der Waals surface area contributed by atoms with Gasteiger partial charge in [-0.15, -0.1) is 0 Å². The van der Waals surface area contributed by atoms with Crippen molar-refractivity contribution in [2.45, 2.75) is 6.61 Å². The van der Waals surface area contributed by atoms with Crippen molar-refractivity contribution in [3.05, 3.63) is 12.0 Å². The van der Waals surface area contributed by atoms with Crippen molar-refractivity contribution in [1.29, 1.82) is 0 Å². The Labute approximate surface area is 74.1 Å². The highest BCUT2D eigenvalue weighted by atomic mass is 31.0. The van der Waals surface area contributed by atoms with Gasteiger partial charge in [0.25, 0.3) is 5.88 Å². The number of hydrogen-bond donors (Lipinski definition) is 1. The molecule has 1 rings (SSSR count). The molecule has 0 radical (unpaired) electrons. The molecule has 0 saturated carbocycles. The smallest absolute Gasteiger partial charge is 0.263 e. The molecule has 0 saturated heterocycles. The van der Waals surface area contributed by atoms with Crippen LogP contribution in [0.4, 0.5) is 0 Å². The number of aromatic nitrogens is 2. The minimum atomic E-state index is -0.215. The predicted octanol–water partition coefficient (Wildman–Crippen LogP) is 0.307. The first kappa shape index (κ1) is 9.59. The molecule has 2 unspecified atom stereocenters. The fourth-order valence-corrected chi connectivity index (χ4v) is 1.11. The molecule has 2 atom stereocenters. The summed E-state index contributed by atoms with van der Waals surface area (Å²) in [7, 11) is 4.08. The lowest BCUT2D eigenvalue weighted by Gasteiger charge is -2.07. The normalized spacial score (nSPS) is 9.58. The average molecular weight is 206 g/mol. The van der Waals surface area contributed by atoms with Gasteiger partial charge in [0, 0.05) is 0 Å². The van der Waals surface area contributed by atoms with E-state index in [0.29, 0.717) is 11.4 Å². The van der Waals surface area contributed by atoms with E-state index >= 15 is 0 Å². The summed E-state index contributed by atoms with van der Waals surface area (Å²) in [5.41, 5.74) is 0.387. The first-order valence-corrected chi connectivity index (χ1v) is 3.96. The lowest BCUT2D eigenvalue weighted by molar-refractivity contribution is 0.272. The van der Waals surface area contributed by atoms with E-state index in [2.05, 4.69) is 9.97 Å². The predicted molar refractivity (Wildman–Crippen MR) is 48.6 cm³/mol. The van der Waals surface area contributed by atoms with Crippen LogP contribution < -0.4 is 9.05 Å². The van der Waals surface area contributed by atoms with Crippen molar-refractivity contribution in [2.24, 2.45) is 0 Å². The standard InChI is InChI=1S/C5H8N2O3P2/c8-1-3-4(9-11)5(10-12)7-2-6-3/h2,8H,1,11-12H2. The van der Waals surface area contributed by atoms with Crippen molar-refractivity contribution < 1.29 is 14.2 Å². The third-order valence-corrected chi connectivity index (χ3v) is 1.68. The van der Waals surface area contributed by atoms with Gasteiger partial charge in [0.05, 0.1) is 25.5 Å². The molecular weight excluding hydrogens is 198 g/mol. The molecule has 0 aromatic carbocycles. The largest absolute Gasteiger partial charge is 0.473 e. The Morgan fingerprint density at radius 1 is 1.33 bits per heavy atom. The van der Waals surface area contributed by atoms with E-state index < -0.39 is 0 Å². The molecule has 0 spiro atoms. The van der Waals surface area contributed by atoms with Crippen LogP contribution in [0.1, 0.15) is 5.69 Å². The van der Waals surface area contributed by atoms with Gasteiger partial charge in [-0.2, -0.15) is 4.98 Å². The van der Waals surface area contributed by atoms with Gasteiger partial charge in [-0.05, 0) is 0 Å². The third kappa shape index (κ3) is 1.81. The zero-order valence-corrected chi connectivity index (χ0v) is 8.41. The summed E-state index contributed by atoms with van der Waals surface area (Å²) >= 11 is 0. The summed E-state index contributed by atoms with van der Waals surface area (Å²) in [6.07, 6.45) is 1.29. The number of nitrogens with zero attached hydrogens (tertiary/aromatic N) is 2. The van der Waals surface area contributed by atoms with Gasteiger partial charge in [-0.25, -0.2) is 4.98 Å². The van der Waals surface area contributed by atoms with Gasteiger partial charge in [-0.1, -0.05) is 0 Å². The van der Waals surface area contributed by atoms with Crippen LogP contribution in [0.15, 0.2) is 6.33 Å². The minimum absolute atomic E-state index is 0.215. The van der Waals surface area contributed by atoms with E-state index in [9.17, 15) is 0 Å².